The predicted octanol–water partition coefficient (Wildman–Crippen LogP) is 3.49. The second-order valence-electron chi connectivity index (χ2n) is 9.09. The lowest BCUT2D eigenvalue weighted by atomic mass is 9.69. The summed E-state index contributed by atoms with van der Waals surface area (Å²) in [5, 5.41) is 9.58. The number of alkyl halides is 2. The number of sulfonamides is 1. The number of nitriles is 1. The topological polar surface area (TPSA) is 90.3 Å². The van der Waals surface area contributed by atoms with E-state index in [1.54, 1.807) is 36.4 Å². The van der Waals surface area contributed by atoms with Gasteiger partial charge in [0.2, 0.25) is 15.9 Å². The standard InChI is InChI=1S/C24H24F3N3O3S/c1-34(32,33)29-21-20(30(15-24(21,26)27)22(31)23(14-28)9-4-10-23)12-16-5-2-6-17(11-16)18-7-3-8-19(25)13-18/h2-3,5-8,11,13,20-21,29H,4,9-10,12,15H2,1H3/t20-,21+/m0/s1. The Hall–Kier alpha value is -2.90. The number of carbonyl (C=O) groups excluding carboxylic acids is 1. The van der Waals surface area contributed by atoms with Gasteiger partial charge < -0.3 is 4.90 Å². The number of rotatable bonds is 6. The molecule has 0 aromatic heterocycles. The SMILES string of the molecule is CS(=O)(=O)N[C@@H]1[C@H](Cc2cccc(-c3cccc(F)c3)c2)N(C(=O)C2(C#N)CCC2)CC1(F)F. The molecule has 1 saturated heterocycles. The number of carbonyl (C=O) groups is 1. The highest BCUT2D eigenvalue weighted by Gasteiger charge is 2.60. The summed E-state index contributed by atoms with van der Waals surface area (Å²) in [5.41, 5.74) is 0.467. The molecule has 1 saturated carbocycles. The van der Waals surface area contributed by atoms with Gasteiger partial charge in [-0.15, -0.1) is 0 Å². The number of amides is 1. The second-order valence-corrected chi connectivity index (χ2v) is 10.9. The molecule has 0 radical (unpaired) electrons. The molecule has 2 fully saturated rings. The summed E-state index contributed by atoms with van der Waals surface area (Å²) in [6.45, 7) is -0.975. The molecule has 1 heterocycles. The molecular weight excluding hydrogens is 467 g/mol. The van der Waals surface area contributed by atoms with Crippen molar-refractivity contribution >= 4 is 15.9 Å². The van der Waals surface area contributed by atoms with Gasteiger partial charge in [-0.2, -0.15) is 5.26 Å². The average molecular weight is 492 g/mol. The van der Waals surface area contributed by atoms with E-state index >= 15 is 8.78 Å². The zero-order chi connectivity index (χ0) is 24.7. The fraction of sp³-hybridized carbons (Fsp3) is 0.417. The van der Waals surface area contributed by atoms with Crippen LogP contribution in [-0.2, 0) is 21.2 Å². The van der Waals surface area contributed by atoms with Crippen molar-refractivity contribution in [3.05, 3.63) is 59.9 Å². The molecule has 2 aliphatic rings. The zero-order valence-corrected chi connectivity index (χ0v) is 19.3. The molecule has 2 atom stereocenters. The number of halogens is 3. The van der Waals surface area contributed by atoms with Crippen LogP contribution in [0.4, 0.5) is 13.2 Å². The van der Waals surface area contributed by atoms with Gasteiger partial charge in [-0.25, -0.2) is 26.3 Å². The molecule has 0 unspecified atom stereocenters. The van der Waals surface area contributed by atoms with Crippen molar-refractivity contribution < 1.29 is 26.4 Å². The molecule has 1 amide bonds. The predicted molar refractivity (Wildman–Crippen MR) is 120 cm³/mol. The Labute approximate surface area is 196 Å². The van der Waals surface area contributed by atoms with Crippen LogP contribution in [0.25, 0.3) is 11.1 Å². The zero-order valence-electron chi connectivity index (χ0n) is 18.5. The van der Waals surface area contributed by atoms with Crippen LogP contribution in [0, 0.1) is 22.6 Å². The molecule has 1 aliphatic carbocycles. The van der Waals surface area contributed by atoms with Gasteiger partial charge in [0.25, 0.3) is 5.92 Å². The van der Waals surface area contributed by atoms with E-state index in [-0.39, 0.29) is 19.3 Å². The Bertz CT molecular complexity index is 1260. The number of likely N-dealkylation sites (tertiary alicyclic amines) is 1. The molecule has 6 nitrogen and oxygen atoms in total. The van der Waals surface area contributed by atoms with Gasteiger partial charge in [-0.3, -0.25) is 4.79 Å². The van der Waals surface area contributed by atoms with E-state index in [0.717, 1.165) is 11.2 Å². The fourth-order valence-corrected chi connectivity index (χ4v) is 5.51. The summed E-state index contributed by atoms with van der Waals surface area (Å²) in [5.74, 6) is -4.64. The van der Waals surface area contributed by atoms with Gasteiger partial charge >= 0.3 is 0 Å². The van der Waals surface area contributed by atoms with Crippen LogP contribution >= 0.6 is 0 Å². The Kier molecular flexibility index (Phi) is 6.21. The van der Waals surface area contributed by atoms with Crippen molar-refractivity contribution in [2.45, 2.75) is 43.7 Å². The maximum absolute atomic E-state index is 15.1. The molecule has 180 valence electrons. The molecule has 34 heavy (non-hydrogen) atoms. The number of nitrogens with one attached hydrogen (secondary N) is 1. The van der Waals surface area contributed by atoms with Crippen LogP contribution in [0.5, 0.6) is 0 Å². The summed E-state index contributed by atoms with van der Waals surface area (Å²) in [4.78, 5) is 14.2. The van der Waals surface area contributed by atoms with E-state index in [1.165, 1.54) is 12.1 Å². The third-order valence-electron chi connectivity index (χ3n) is 6.58. The molecule has 2 aromatic carbocycles. The summed E-state index contributed by atoms with van der Waals surface area (Å²) in [6, 6.07) is 11.7. The van der Waals surface area contributed by atoms with Crippen molar-refractivity contribution in [3.63, 3.8) is 0 Å². The minimum atomic E-state index is -4.02. The molecule has 4 rings (SSSR count). The van der Waals surface area contributed by atoms with Crippen LogP contribution in [0.1, 0.15) is 24.8 Å². The highest BCUT2D eigenvalue weighted by molar-refractivity contribution is 7.88. The summed E-state index contributed by atoms with van der Waals surface area (Å²) in [7, 11) is -4.02. The number of hydrogen-bond donors (Lipinski definition) is 1. The van der Waals surface area contributed by atoms with E-state index in [1.807, 2.05) is 10.8 Å². The first-order valence-corrected chi connectivity index (χ1v) is 12.8. The molecule has 1 N–H and O–H groups in total. The monoisotopic (exact) mass is 491 g/mol. The van der Waals surface area contributed by atoms with Crippen molar-refractivity contribution in [2.24, 2.45) is 5.41 Å². The maximum atomic E-state index is 15.1. The Morgan fingerprint density at radius 3 is 2.38 bits per heavy atom. The first kappa shape index (κ1) is 24.2. The second kappa shape index (κ2) is 8.71. The van der Waals surface area contributed by atoms with Crippen molar-refractivity contribution in [1.82, 2.24) is 9.62 Å². The maximum Gasteiger partial charge on any atom is 0.283 e. The van der Waals surface area contributed by atoms with Crippen LogP contribution < -0.4 is 4.72 Å². The Balaban J connectivity index is 1.71. The van der Waals surface area contributed by atoms with Gasteiger partial charge in [0, 0.05) is 0 Å². The van der Waals surface area contributed by atoms with E-state index < -0.39 is 51.7 Å². The number of hydrogen-bond acceptors (Lipinski definition) is 4. The fourth-order valence-electron chi connectivity index (χ4n) is 4.72. The van der Waals surface area contributed by atoms with Gasteiger partial charge in [0.05, 0.1) is 24.9 Å². The summed E-state index contributed by atoms with van der Waals surface area (Å²) < 4.78 is 69.6. The largest absolute Gasteiger partial charge is 0.330 e. The highest BCUT2D eigenvalue weighted by atomic mass is 32.2. The lowest BCUT2D eigenvalue weighted by molar-refractivity contribution is -0.145. The van der Waals surface area contributed by atoms with E-state index in [2.05, 4.69) is 0 Å². The van der Waals surface area contributed by atoms with E-state index in [9.17, 15) is 22.9 Å². The first-order valence-electron chi connectivity index (χ1n) is 10.9. The summed E-state index contributed by atoms with van der Waals surface area (Å²) >= 11 is 0. The number of benzene rings is 2. The number of nitrogens with zero attached hydrogens (tertiary/aromatic N) is 2. The van der Waals surface area contributed by atoms with Gasteiger partial charge in [-0.1, -0.05) is 36.4 Å². The Morgan fingerprint density at radius 1 is 1.18 bits per heavy atom. The van der Waals surface area contributed by atoms with Crippen LogP contribution in [0.2, 0.25) is 0 Å². The lowest BCUT2D eigenvalue weighted by Gasteiger charge is -2.39. The van der Waals surface area contributed by atoms with Crippen molar-refractivity contribution in [2.75, 3.05) is 12.8 Å². The van der Waals surface area contributed by atoms with Gasteiger partial charge in [-0.05, 0) is 54.5 Å². The van der Waals surface area contributed by atoms with Crippen molar-refractivity contribution in [3.8, 4) is 17.2 Å². The normalized spacial score (nSPS) is 23.2. The van der Waals surface area contributed by atoms with Crippen LogP contribution in [0.3, 0.4) is 0 Å². The average Bonchev–Trinajstić information content (AvgIpc) is 2.97. The van der Waals surface area contributed by atoms with Gasteiger partial charge in [0.15, 0.2) is 0 Å². The van der Waals surface area contributed by atoms with Gasteiger partial charge in [0.1, 0.15) is 17.3 Å². The third-order valence-corrected chi connectivity index (χ3v) is 7.27. The highest BCUT2D eigenvalue weighted by Crippen LogP contribution is 2.45. The first-order chi connectivity index (χ1) is 15.9. The molecule has 0 spiro atoms. The molecule has 10 heteroatoms. The van der Waals surface area contributed by atoms with E-state index in [4.69, 9.17) is 0 Å². The molecular formula is C24H24F3N3O3S. The van der Waals surface area contributed by atoms with Crippen LogP contribution in [-0.4, -0.2) is 50.0 Å². The minimum Gasteiger partial charge on any atom is -0.330 e. The van der Waals surface area contributed by atoms with E-state index in [0.29, 0.717) is 23.1 Å². The molecule has 2 aromatic rings. The van der Waals surface area contributed by atoms with Crippen molar-refractivity contribution in [1.29, 1.82) is 5.26 Å². The molecule has 1 aliphatic heterocycles. The van der Waals surface area contributed by atoms with Crippen LogP contribution in [0.15, 0.2) is 48.5 Å². The lowest BCUT2D eigenvalue weighted by Crippen LogP contribution is -2.54. The third kappa shape index (κ3) is 4.68. The Morgan fingerprint density at radius 2 is 1.82 bits per heavy atom. The quantitative estimate of drug-likeness (QED) is 0.670. The smallest absolute Gasteiger partial charge is 0.283 e. The minimum absolute atomic E-state index is 0.0703. The molecule has 0 bridgehead atoms. The summed E-state index contributed by atoms with van der Waals surface area (Å²) in [6.07, 6.45) is 1.94.